The van der Waals surface area contributed by atoms with Crippen LogP contribution in [0.25, 0.3) is 10.9 Å². The lowest BCUT2D eigenvalue weighted by Crippen LogP contribution is -2.15. The molecule has 8 nitrogen and oxygen atoms in total. The molecule has 3 aromatic rings. The second-order valence-electron chi connectivity index (χ2n) is 6.78. The molecule has 1 aliphatic rings. The van der Waals surface area contributed by atoms with Gasteiger partial charge in [0.2, 0.25) is 5.91 Å². The topological polar surface area (TPSA) is 111 Å². The summed E-state index contributed by atoms with van der Waals surface area (Å²) in [7, 11) is 0. The minimum atomic E-state index is -0.412. The lowest BCUT2D eigenvalue weighted by atomic mass is 10.1. The van der Waals surface area contributed by atoms with Crippen LogP contribution in [0.3, 0.4) is 0 Å². The van der Waals surface area contributed by atoms with Crippen LogP contribution in [0.1, 0.15) is 22.8 Å². The van der Waals surface area contributed by atoms with E-state index in [4.69, 9.17) is 14.2 Å². The molecule has 0 atom stereocenters. The molecule has 0 bridgehead atoms. The minimum Gasteiger partial charge on any atom is -0.486 e. The Morgan fingerprint density at radius 2 is 1.88 bits per heavy atom. The van der Waals surface area contributed by atoms with Crippen LogP contribution in [0.2, 0.25) is 0 Å². The van der Waals surface area contributed by atoms with Gasteiger partial charge in [0, 0.05) is 17.1 Å². The highest BCUT2D eigenvalue weighted by atomic mass is 32.2. The van der Waals surface area contributed by atoms with Crippen molar-refractivity contribution >= 4 is 40.2 Å². The van der Waals surface area contributed by atoms with Crippen molar-refractivity contribution in [3.05, 3.63) is 53.6 Å². The first kappa shape index (κ1) is 21.5. The molecule has 2 heterocycles. The maximum atomic E-state index is 12.4. The third-order valence-electron chi connectivity index (χ3n) is 4.58. The van der Waals surface area contributed by atoms with Crippen molar-refractivity contribution < 1.29 is 23.8 Å². The van der Waals surface area contributed by atoms with Gasteiger partial charge in [0.1, 0.15) is 24.3 Å². The molecule has 32 heavy (non-hydrogen) atoms. The summed E-state index contributed by atoms with van der Waals surface area (Å²) < 4.78 is 16.1. The van der Waals surface area contributed by atoms with Gasteiger partial charge in [-0.15, -0.1) is 0 Å². The third-order valence-corrected chi connectivity index (χ3v) is 5.58. The molecule has 1 aliphatic heterocycles. The first-order chi connectivity index (χ1) is 15.6. The van der Waals surface area contributed by atoms with Crippen LogP contribution >= 0.6 is 11.8 Å². The zero-order chi connectivity index (χ0) is 22.5. The fourth-order valence-corrected chi connectivity index (χ4v) is 3.88. The highest BCUT2D eigenvalue weighted by molar-refractivity contribution is 8.00. The van der Waals surface area contributed by atoms with Crippen molar-refractivity contribution in [2.45, 2.75) is 11.9 Å². The van der Waals surface area contributed by atoms with Crippen molar-refractivity contribution in [1.82, 2.24) is 4.98 Å². The van der Waals surface area contributed by atoms with Gasteiger partial charge >= 0.3 is 5.97 Å². The molecule has 0 saturated heterocycles. The summed E-state index contributed by atoms with van der Waals surface area (Å²) in [6.07, 6.45) is 0. The average Bonchev–Trinajstić information content (AvgIpc) is 2.81. The first-order valence-electron chi connectivity index (χ1n) is 9.91. The fraction of sp³-hybridized carbons (Fsp3) is 0.217. The number of nitrogens with one attached hydrogen (secondary N) is 1. The van der Waals surface area contributed by atoms with Crippen LogP contribution < -0.4 is 14.8 Å². The van der Waals surface area contributed by atoms with Gasteiger partial charge in [-0.1, -0.05) is 11.8 Å². The Hall–Kier alpha value is -3.77. The summed E-state index contributed by atoms with van der Waals surface area (Å²) in [6, 6.07) is 13.9. The van der Waals surface area contributed by atoms with Gasteiger partial charge in [0.05, 0.1) is 29.0 Å². The molecule has 1 amide bonds. The standard InChI is InChI=1S/C23H19N3O5S/c1-2-29-23(28)14-3-5-17(6-4-14)25-21(27)13-32-22-16(12-24)9-15-10-19-20(11-18(15)26-22)31-8-7-30-19/h3-6,9-11H,2,7-8,13H2,1H3,(H,25,27). The molecule has 0 aliphatic carbocycles. The summed E-state index contributed by atoms with van der Waals surface area (Å²) in [6.45, 7) is 2.98. The number of carbonyl (C=O) groups is 2. The number of pyridine rings is 1. The number of carbonyl (C=O) groups excluding carboxylic acids is 2. The smallest absolute Gasteiger partial charge is 0.338 e. The molecule has 0 fully saturated rings. The number of thioether (sulfide) groups is 1. The second-order valence-corrected chi connectivity index (χ2v) is 7.74. The Morgan fingerprint density at radius 3 is 2.56 bits per heavy atom. The molecular formula is C23H19N3O5S. The second kappa shape index (κ2) is 9.58. The Labute approximate surface area is 188 Å². The molecule has 1 N–H and O–H groups in total. The van der Waals surface area contributed by atoms with Crippen LogP contribution in [-0.4, -0.2) is 42.4 Å². The van der Waals surface area contributed by atoms with Gasteiger partial charge in [0.15, 0.2) is 11.5 Å². The van der Waals surface area contributed by atoms with E-state index >= 15 is 0 Å². The number of nitrogens with zero attached hydrogens (tertiary/aromatic N) is 2. The largest absolute Gasteiger partial charge is 0.486 e. The molecule has 162 valence electrons. The number of fused-ring (bicyclic) bond motifs is 2. The highest BCUT2D eigenvalue weighted by Gasteiger charge is 2.16. The molecule has 1 aromatic heterocycles. The predicted octanol–water partition coefficient (Wildman–Crippen LogP) is 3.79. The summed E-state index contributed by atoms with van der Waals surface area (Å²) in [5, 5.41) is 13.5. The van der Waals surface area contributed by atoms with E-state index in [1.165, 1.54) is 11.8 Å². The van der Waals surface area contributed by atoms with Gasteiger partial charge in [-0.2, -0.15) is 5.26 Å². The van der Waals surface area contributed by atoms with Crippen molar-refractivity contribution in [2.75, 3.05) is 30.9 Å². The van der Waals surface area contributed by atoms with Crippen LogP contribution in [0.15, 0.2) is 47.5 Å². The van der Waals surface area contributed by atoms with E-state index in [0.717, 1.165) is 5.39 Å². The zero-order valence-electron chi connectivity index (χ0n) is 17.2. The Morgan fingerprint density at radius 1 is 1.16 bits per heavy atom. The van der Waals surface area contributed by atoms with Gasteiger partial charge in [-0.05, 0) is 43.3 Å². The Kier molecular flexibility index (Phi) is 6.42. The molecule has 0 saturated carbocycles. The van der Waals surface area contributed by atoms with E-state index in [1.54, 1.807) is 49.4 Å². The molecule has 9 heteroatoms. The molecule has 2 aromatic carbocycles. The van der Waals surface area contributed by atoms with Gasteiger partial charge in [-0.3, -0.25) is 4.79 Å². The van der Waals surface area contributed by atoms with Crippen molar-refractivity contribution in [2.24, 2.45) is 0 Å². The predicted molar refractivity (Wildman–Crippen MR) is 119 cm³/mol. The van der Waals surface area contributed by atoms with E-state index in [0.29, 0.717) is 58.7 Å². The number of ether oxygens (including phenoxy) is 3. The number of rotatable bonds is 6. The van der Waals surface area contributed by atoms with Crippen LogP contribution in [0.5, 0.6) is 11.5 Å². The highest BCUT2D eigenvalue weighted by Crippen LogP contribution is 2.35. The summed E-state index contributed by atoms with van der Waals surface area (Å²) in [5.74, 6) is 0.638. The zero-order valence-corrected chi connectivity index (χ0v) is 18.0. The molecule has 0 radical (unpaired) electrons. The quantitative estimate of drug-likeness (QED) is 0.447. The molecule has 0 unspecified atom stereocenters. The Balaban J connectivity index is 1.44. The SMILES string of the molecule is CCOC(=O)c1ccc(NC(=O)CSc2nc3cc4c(cc3cc2C#N)OCCO4)cc1. The minimum absolute atomic E-state index is 0.0668. The van der Waals surface area contributed by atoms with Crippen molar-refractivity contribution in [1.29, 1.82) is 5.26 Å². The lowest BCUT2D eigenvalue weighted by Gasteiger charge is -2.18. The number of esters is 1. The van der Waals surface area contributed by atoms with Crippen LogP contribution in [-0.2, 0) is 9.53 Å². The van der Waals surface area contributed by atoms with Gasteiger partial charge in [-0.25, -0.2) is 9.78 Å². The monoisotopic (exact) mass is 449 g/mol. The number of hydrogen-bond donors (Lipinski definition) is 1. The van der Waals surface area contributed by atoms with Crippen molar-refractivity contribution in [3.63, 3.8) is 0 Å². The number of aromatic nitrogens is 1. The lowest BCUT2D eigenvalue weighted by molar-refractivity contribution is -0.113. The molecule has 0 spiro atoms. The first-order valence-corrected chi connectivity index (χ1v) is 10.9. The van der Waals surface area contributed by atoms with Crippen LogP contribution in [0.4, 0.5) is 5.69 Å². The van der Waals surface area contributed by atoms with E-state index in [1.807, 2.05) is 0 Å². The number of nitriles is 1. The normalized spacial score (nSPS) is 12.1. The summed E-state index contributed by atoms with van der Waals surface area (Å²) in [5.41, 5.74) is 2.01. The van der Waals surface area contributed by atoms with Gasteiger partial charge in [0.25, 0.3) is 0 Å². The van der Waals surface area contributed by atoms with E-state index < -0.39 is 5.97 Å². The van der Waals surface area contributed by atoms with Gasteiger partial charge < -0.3 is 19.5 Å². The molecule has 4 rings (SSSR count). The van der Waals surface area contributed by atoms with E-state index in [9.17, 15) is 14.9 Å². The Bertz CT molecular complexity index is 1220. The maximum Gasteiger partial charge on any atom is 0.338 e. The number of benzene rings is 2. The van der Waals surface area contributed by atoms with E-state index in [-0.39, 0.29) is 11.7 Å². The van der Waals surface area contributed by atoms with Crippen LogP contribution in [0, 0.1) is 11.3 Å². The average molecular weight is 449 g/mol. The van der Waals surface area contributed by atoms with E-state index in [2.05, 4.69) is 16.4 Å². The summed E-state index contributed by atoms with van der Waals surface area (Å²) in [4.78, 5) is 28.7. The fourth-order valence-electron chi connectivity index (χ4n) is 3.12. The number of hydrogen-bond acceptors (Lipinski definition) is 8. The maximum absolute atomic E-state index is 12.4. The molecular weight excluding hydrogens is 430 g/mol. The third kappa shape index (κ3) is 4.76. The summed E-state index contributed by atoms with van der Waals surface area (Å²) >= 11 is 1.17. The number of amides is 1. The number of anilines is 1. The van der Waals surface area contributed by atoms with Crippen molar-refractivity contribution in [3.8, 4) is 17.6 Å².